The summed E-state index contributed by atoms with van der Waals surface area (Å²) in [5.74, 6) is 0. The van der Waals surface area contributed by atoms with Crippen molar-refractivity contribution in [1.82, 2.24) is 4.98 Å². The highest BCUT2D eigenvalue weighted by atomic mass is 32.3. The molecule has 0 atom stereocenters. The van der Waals surface area contributed by atoms with Crippen molar-refractivity contribution in [1.29, 1.82) is 0 Å². The van der Waals surface area contributed by atoms with E-state index in [1.165, 1.54) is 12.4 Å². The summed E-state index contributed by atoms with van der Waals surface area (Å²) in [6.45, 7) is 0. The van der Waals surface area contributed by atoms with Crippen LogP contribution in [-0.4, -0.2) is 30.9 Å². The molecule has 0 amide bonds. The van der Waals surface area contributed by atoms with E-state index in [0.717, 1.165) is 10.3 Å². The Morgan fingerprint density at radius 3 is 2.25 bits per heavy atom. The molecule has 13 heteroatoms. The summed E-state index contributed by atoms with van der Waals surface area (Å²) in [5.41, 5.74) is 7.86. The van der Waals surface area contributed by atoms with Gasteiger partial charge in [-0.3, -0.25) is 4.55 Å². The largest absolute Gasteiger partial charge is 0.726 e. The Kier molecular flexibility index (Phi) is 4.87. The molecule has 0 radical (unpaired) electrons. The van der Waals surface area contributed by atoms with Gasteiger partial charge in [-0.05, 0) is 5.53 Å². The van der Waals surface area contributed by atoms with E-state index >= 15 is 0 Å². The van der Waals surface area contributed by atoms with Gasteiger partial charge in [-0.2, -0.15) is 8.42 Å². The minimum Gasteiger partial charge on any atom is -0.726 e. The zero-order chi connectivity index (χ0) is 12.8. The Morgan fingerprint density at radius 1 is 1.44 bits per heavy atom. The van der Waals surface area contributed by atoms with E-state index in [0.29, 0.717) is 0 Å². The number of aromatic amines is 1. The SMILES string of the molecule is O=S(=O)([O-])O.[N-]=[N+]=NS(=O)(=O)[n+]1cc[nH]c1. The van der Waals surface area contributed by atoms with E-state index < -0.39 is 20.6 Å². The lowest BCUT2D eigenvalue weighted by atomic mass is 11.0. The number of imidazole rings is 1. The zero-order valence-electron chi connectivity index (χ0n) is 7.33. The molecule has 0 fully saturated rings. The summed E-state index contributed by atoms with van der Waals surface area (Å²) in [6, 6.07) is 0. The van der Waals surface area contributed by atoms with Crippen LogP contribution in [-0.2, 0) is 20.6 Å². The molecule has 0 unspecified atom stereocenters. The molecule has 0 aliphatic carbocycles. The molecule has 0 spiro atoms. The zero-order valence-corrected chi connectivity index (χ0v) is 8.96. The fraction of sp³-hybridized carbons (Fsp3) is 0. The third kappa shape index (κ3) is 6.74. The molecule has 0 aromatic carbocycles. The number of H-pyrrole nitrogens is 1. The van der Waals surface area contributed by atoms with Gasteiger partial charge in [-0.1, -0.05) is 0 Å². The van der Waals surface area contributed by atoms with Gasteiger partial charge in [0.25, 0.3) is 6.33 Å². The van der Waals surface area contributed by atoms with Crippen LogP contribution in [0.25, 0.3) is 10.4 Å². The average molecular weight is 271 g/mol. The number of hydrogen-bond acceptors (Lipinski definition) is 5. The van der Waals surface area contributed by atoms with Crippen molar-refractivity contribution in [2.75, 3.05) is 0 Å². The molecule has 0 bridgehead atoms. The lowest BCUT2D eigenvalue weighted by molar-refractivity contribution is -0.509. The topological polar surface area (TPSA) is 180 Å². The first-order chi connectivity index (χ1) is 7.17. The predicted molar refractivity (Wildman–Crippen MR) is 46.8 cm³/mol. The highest BCUT2D eigenvalue weighted by Gasteiger charge is 2.14. The van der Waals surface area contributed by atoms with Crippen molar-refractivity contribution >= 4 is 20.6 Å². The van der Waals surface area contributed by atoms with Crippen molar-refractivity contribution in [3.05, 3.63) is 29.2 Å². The van der Waals surface area contributed by atoms with Crippen molar-refractivity contribution in [2.45, 2.75) is 0 Å². The number of nitrogens with zero attached hydrogens (tertiary/aromatic N) is 4. The van der Waals surface area contributed by atoms with Gasteiger partial charge < -0.3 is 4.55 Å². The van der Waals surface area contributed by atoms with Crippen LogP contribution >= 0.6 is 0 Å². The van der Waals surface area contributed by atoms with Gasteiger partial charge in [0.05, 0.1) is 4.52 Å². The Hall–Kier alpha value is -1.66. The number of azide groups is 1. The van der Waals surface area contributed by atoms with E-state index in [1.807, 2.05) is 0 Å². The lowest BCUT2D eigenvalue weighted by Crippen LogP contribution is -2.38. The minimum absolute atomic E-state index is 0.771. The third-order valence-corrected chi connectivity index (χ3v) is 1.96. The normalized spacial score (nSPS) is 10.9. The van der Waals surface area contributed by atoms with Gasteiger partial charge in [0.15, 0.2) is 0 Å². The molecule has 1 aromatic rings. The van der Waals surface area contributed by atoms with Crippen molar-refractivity contribution in [3.63, 3.8) is 0 Å². The second-order valence-corrected chi connectivity index (χ2v) is 4.35. The average Bonchev–Trinajstić information content (AvgIpc) is 2.51. The van der Waals surface area contributed by atoms with Crippen LogP contribution in [0.5, 0.6) is 0 Å². The van der Waals surface area contributed by atoms with E-state index in [2.05, 4.69) is 14.4 Å². The van der Waals surface area contributed by atoms with E-state index in [-0.39, 0.29) is 0 Å². The van der Waals surface area contributed by atoms with Crippen molar-refractivity contribution in [3.8, 4) is 0 Å². The van der Waals surface area contributed by atoms with E-state index in [9.17, 15) is 8.42 Å². The molecule has 11 nitrogen and oxygen atoms in total. The standard InChI is InChI=1S/C3H3N5O2S.H2O4S/c4-6-7-11(9,10)8-2-1-5-3-8;1-5(2,3)4/h1-3H;(H2,1,2,3,4). The Morgan fingerprint density at radius 2 is 1.94 bits per heavy atom. The quantitative estimate of drug-likeness (QED) is 0.168. The van der Waals surface area contributed by atoms with Gasteiger partial charge in [0.2, 0.25) is 10.4 Å². The molecule has 0 saturated carbocycles. The number of hydrogen-bond donors (Lipinski definition) is 2. The smallest absolute Gasteiger partial charge is 0.398 e. The predicted octanol–water partition coefficient (Wildman–Crippen LogP) is -1.29. The fourth-order valence-corrected chi connectivity index (χ4v) is 1.09. The highest BCUT2D eigenvalue weighted by molar-refractivity contribution is 7.83. The molecule has 1 aromatic heterocycles. The molecule has 90 valence electrons. The number of rotatable bonds is 2. The molecular weight excluding hydrogens is 266 g/mol. The number of nitrogens with one attached hydrogen (secondary N) is 1. The molecule has 2 N–H and O–H groups in total. The second kappa shape index (κ2) is 5.43. The lowest BCUT2D eigenvalue weighted by Gasteiger charge is -1.88. The molecular formula is C3H5N5O6S2. The van der Waals surface area contributed by atoms with Gasteiger partial charge in [0.1, 0.15) is 12.4 Å². The van der Waals surface area contributed by atoms with Gasteiger partial charge in [-0.25, -0.2) is 13.4 Å². The highest BCUT2D eigenvalue weighted by Crippen LogP contribution is 1.85. The Labute approximate surface area is 89.7 Å². The summed E-state index contributed by atoms with van der Waals surface area (Å²) in [6.07, 6.45) is 3.78. The summed E-state index contributed by atoms with van der Waals surface area (Å²) in [4.78, 5) is 4.66. The fourth-order valence-electron chi connectivity index (χ4n) is 0.508. The third-order valence-electron chi connectivity index (χ3n) is 0.926. The van der Waals surface area contributed by atoms with Crippen LogP contribution in [0, 0.1) is 0 Å². The second-order valence-electron chi connectivity index (χ2n) is 2.02. The minimum atomic E-state index is -4.92. The van der Waals surface area contributed by atoms with Gasteiger partial charge >= 0.3 is 10.2 Å². The summed E-state index contributed by atoms with van der Waals surface area (Å²) < 4.78 is 57.8. The first kappa shape index (κ1) is 14.3. The maximum atomic E-state index is 10.8. The van der Waals surface area contributed by atoms with Crippen molar-refractivity contribution < 1.29 is 29.9 Å². The molecule has 16 heavy (non-hydrogen) atoms. The molecule has 0 saturated heterocycles. The van der Waals surface area contributed by atoms with Crippen LogP contribution in [0.4, 0.5) is 0 Å². The van der Waals surface area contributed by atoms with Gasteiger partial charge in [-0.15, -0.1) is 3.97 Å². The molecule has 1 heterocycles. The molecule has 1 rings (SSSR count). The summed E-state index contributed by atoms with van der Waals surface area (Å²) >= 11 is 0. The first-order valence-corrected chi connectivity index (χ1v) is 5.97. The van der Waals surface area contributed by atoms with Crippen molar-refractivity contribution in [2.24, 2.45) is 4.52 Å². The van der Waals surface area contributed by atoms with Crippen LogP contribution in [0.2, 0.25) is 0 Å². The first-order valence-electron chi connectivity index (χ1n) is 3.21. The maximum Gasteiger partial charge on any atom is 0.398 e. The van der Waals surface area contributed by atoms with Crippen LogP contribution in [0.1, 0.15) is 0 Å². The van der Waals surface area contributed by atoms with E-state index in [1.54, 1.807) is 0 Å². The Bertz CT molecular complexity index is 558. The molecule has 0 aliphatic rings. The summed E-state index contributed by atoms with van der Waals surface area (Å²) in [7, 11) is -8.79. The van der Waals surface area contributed by atoms with Crippen LogP contribution < -0.4 is 3.97 Å². The van der Waals surface area contributed by atoms with Crippen LogP contribution in [0.15, 0.2) is 23.2 Å². The van der Waals surface area contributed by atoms with Crippen LogP contribution in [0.3, 0.4) is 0 Å². The maximum absolute atomic E-state index is 10.8. The summed E-state index contributed by atoms with van der Waals surface area (Å²) in [5, 5.41) is 0. The molecule has 0 aliphatic heterocycles. The monoisotopic (exact) mass is 271 g/mol. The van der Waals surface area contributed by atoms with Gasteiger partial charge in [0, 0.05) is 4.91 Å². The Balaban J connectivity index is 0.000000385. The number of aromatic nitrogens is 2. The van der Waals surface area contributed by atoms with E-state index in [4.69, 9.17) is 23.1 Å².